The van der Waals surface area contributed by atoms with E-state index in [0.29, 0.717) is 5.56 Å². The van der Waals surface area contributed by atoms with Crippen molar-refractivity contribution in [2.24, 2.45) is 5.92 Å². The number of hydrogen-bond donors (Lipinski definition) is 1. The summed E-state index contributed by atoms with van der Waals surface area (Å²) in [5, 5.41) is 0. The highest BCUT2D eigenvalue weighted by Gasteiger charge is 2.44. The van der Waals surface area contributed by atoms with Crippen molar-refractivity contribution < 1.29 is 26.7 Å². The lowest BCUT2D eigenvalue weighted by atomic mass is 9.96. The first kappa shape index (κ1) is 23.6. The highest BCUT2D eigenvalue weighted by molar-refractivity contribution is 9.10. The molecule has 2 aromatic rings. The molecule has 1 N–H and O–H groups in total. The predicted molar refractivity (Wildman–Crippen MR) is 116 cm³/mol. The molecule has 31 heavy (non-hydrogen) atoms. The smallest absolute Gasteiger partial charge is 0.410 e. The first-order valence-corrected chi connectivity index (χ1v) is 12.1. The van der Waals surface area contributed by atoms with Gasteiger partial charge in [0.2, 0.25) is 16.0 Å². The van der Waals surface area contributed by atoms with E-state index in [9.17, 15) is 22.0 Å². The second-order valence-corrected chi connectivity index (χ2v) is 10.1. The summed E-state index contributed by atoms with van der Waals surface area (Å²) in [5.74, 6) is -0.822. The molecule has 3 atom stereocenters. The average Bonchev–Trinajstić information content (AvgIpc) is 3.05. The van der Waals surface area contributed by atoms with Crippen LogP contribution in [0.2, 0.25) is 0 Å². The number of carbonyl (C=O) groups is 1. The average molecular weight is 517 g/mol. The van der Waals surface area contributed by atoms with E-state index < -0.39 is 40.0 Å². The molecule has 0 aromatic heterocycles. The van der Waals surface area contributed by atoms with Gasteiger partial charge in [-0.15, -0.1) is 0 Å². The number of amides is 1. The molecule has 0 spiro atoms. The van der Waals surface area contributed by atoms with Crippen molar-refractivity contribution in [2.45, 2.75) is 32.0 Å². The molecule has 1 unspecified atom stereocenters. The van der Waals surface area contributed by atoms with Crippen LogP contribution in [-0.4, -0.2) is 44.0 Å². The van der Waals surface area contributed by atoms with E-state index in [1.807, 2.05) is 30.3 Å². The van der Waals surface area contributed by atoms with Gasteiger partial charge >= 0.3 is 6.09 Å². The Morgan fingerprint density at radius 2 is 1.94 bits per heavy atom. The number of benzene rings is 2. The summed E-state index contributed by atoms with van der Waals surface area (Å²) in [6.45, 7) is 1.98. The van der Waals surface area contributed by atoms with Crippen LogP contribution in [0.4, 0.5) is 13.6 Å². The van der Waals surface area contributed by atoms with Crippen molar-refractivity contribution in [2.75, 3.05) is 12.6 Å². The molecule has 1 saturated heterocycles. The van der Waals surface area contributed by atoms with Gasteiger partial charge in [0.1, 0.15) is 12.4 Å². The number of likely N-dealkylation sites (tertiary alicyclic amines) is 1. The molecule has 1 heterocycles. The van der Waals surface area contributed by atoms with Crippen LogP contribution in [0.3, 0.4) is 0 Å². The fraction of sp³-hybridized carbons (Fsp3) is 0.381. The Kier molecular flexibility index (Phi) is 7.66. The lowest BCUT2D eigenvalue weighted by Gasteiger charge is -2.28. The molecule has 1 aliphatic heterocycles. The van der Waals surface area contributed by atoms with Crippen molar-refractivity contribution in [3.8, 4) is 0 Å². The first-order chi connectivity index (χ1) is 14.7. The molecule has 0 radical (unpaired) electrons. The summed E-state index contributed by atoms with van der Waals surface area (Å²) >= 11 is 3.14. The monoisotopic (exact) mass is 516 g/mol. The third kappa shape index (κ3) is 5.81. The van der Waals surface area contributed by atoms with Crippen molar-refractivity contribution >= 4 is 32.0 Å². The zero-order valence-corrected chi connectivity index (χ0v) is 19.2. The SMILES string of the molecule is C[C@H]1CN(C(=O)OCc2ccccc2)C(Cc2cccc(Br)c2F)[C@H]1NS(=O)(=O)CF. The van der Waals surface area contributed by atoms with Crippen LogP contribution in [-0.2, 0) is 27.8 Å². The van der Waals surface area contributed by atoms with E-state index in [2.05, 4.69) is 20.7 Å². The quantitative estimate of drug-likeness (QED) is 0.603. The van der Waals surface area contributed by atoms with Crippen LogP contribution in [0.15, 0.2) is 53.0 Å². The van der Waals surface area contributed by atoms with Gasteiger partial charge in [-0.25, -0.2) is 26.7 Å². The number of sulfonamides is 1. The van der Waals surface area contributed by atoms with E-state index in [1.165, 1.54) is 4.90 Å². The van der Waals surface area contributed by atoms with Gasteiger partial charge < -0.3 is 9.64 Å². The minimum Gasteiger partial charge on any atom is -0.445 e. The van der Waals surface area contributed by atoms with Crippen molar-refractivity contribution in [3.63, 3.8) is 0 Å². The third-order valence-corrected chi connectivity index (χ3v) is 6.80. The van der Waals surface area contributed by atoms with E-state index in [0.717, 1.165) is 5.56 Å². The molecule has 1 amide bonds. The maximum atomic E-state index is 14.6. The number of ether oxygens (including phenoxy) is 1. The van der Waals surface area contributed by atoms with Gasteiger partial charge in [-0.2, -0.15) is 0 Å². The molecule has 10 heteroatoms. The number of hydrogen-bond acceptors (Lipinski definition) is 4. The molecule has 2 aromatic carbocycles. The summed E-state index contributed by atoms with van der Waals surface area (Å²) in [4.78, 5) is 14.2. The summed E-state index contributed by atoms with van der Waals surface area (Å²) < 4.78 is 59.4. The molecule has 0 aliphatic carbocycles. The number of carbonyl (C=O) groups excluding carboxylic acids is 1. The second kappa shape index (κ2) is 10.1. The van der Waals surface area contributed by atoms with Crippen LogP contribution in [0.25, 0.3) is 0 Å². The fourth-order valence-corrected chi connectivity index (χ4v) is 5.02. The molecule has 1 fully saturated rings. The van der Waals surface area contributed by atoms with Gasteiger partial charge in [-0.05, 0) is 45.5 Å². The second-order valence-electron chi connectivity index (χ2n) is 7.52. The zero-order valence-electron chi connectivity index (χ0n) is 16.8. The zero-order chi connectivity index (χ0) is 22.6. The Morgan fingerprint density at radius 3 is 2.61 bits per heavy atom. The van der Waals surface area contributed by atoms with Crippen LogP contribution in [0.5, 0.6) is 0 Å². The van der Waals surface area contributed by atoms with Gasteiger partial charge in [-0.1, -0.05) is 49.4 Å². The third-order valence-electron chi connectivity index (χ3n) is 5.27. The lowest BCUT2D eigenvalue weighted by Crippen LogP contribution is -2.49. The molecule has 0 bridgehead atoms. The number of halogens is 3. The Bertz CT molecular complexity index is 1020. The minimum absolute atomic E-state index is 0.0372. The standard InChI is InChI=1S/C21H23BrF2N2O4S/c1-14-11-26(21(27)30-12-15-6-3-2-4-7-15)18(20(14)25-31(28,29)13-23)10-16-8-5-9-17(22)19(16)24/h2-9,14,18,20,25H,10-13H2,1H3/t14-,18?,20-/m0/s1. The van der Waals surface area contributed by atoms with Gasteiger partial charge in [0.15, 0.2) is 0 Å². The van der Waals surface area contributed by atoms with Crippen LogP contribution in [0, 0.1) is 11.7 Å². The molecule has 6 nitrogen and oxygen atoms in total. The highest BCUT2D eigenvalue weighted by atomic mass is 79.9. The van der Waals surface area contributed by atoms with Crippen LogP contribution >= 0.6 is 15.9 Å². The van der Waals surface area contributed by atoms with Gasteiger partial charge in [-0.3, -0.25) is 0 Å². The number of nitrogens with zero attached hydrogens (tertiary/aromatic N) is 1. The van der Waals surface area contributed by atoms with E-state index in [4.69, 9.17) is 4.74 Å². The van der Waals surface area contributed by atoms with Crippen molar-refractivity contribution in [3.05, 3.63) is 69.9 Å². The number of rotatable bonds is 7. The maximum absolute atomic E-state index is 14.6. The Morgan fingerprint density at radius 1 is 1.23 bits per heavy atom. The molecule has 1 aliphatic rings. The normalized spacial score (nSPS) is 21.3. The molecule has 168 valence electrons. The van der Waals surface area contributed by atoms with E-state index in [-0.39, 0.29) is 30.0 Å². The van der Waals surface area contributed by atoms with Crippen LogP contribution < -0.4 is 4.72 Å². The summed E-state index contributed by atoms with van der Waals surface area (Å²) in [7, 11) is -4.18. The Balaban J connectivity index is 1.85. The highest BCUT2D eigenvalue weighted by Crippen LogP contribution is 2.30. The minimum atomic E-state index is -4.18. The maximum Gasteiger partial charge on any atom is 0.410 e. The number of alkyl halides is 1. The van der Waals surface area contributed by atoms with E-state index in [1.54, 1.807) is 25.1 Å². The number of nitrogens with one attached hydrogen (secondary N) is 1. The molecular formula is C21H23BrF2N2O4S. The molecule has 3 rings (SSSR count). The Hall–Kier alpha value is -2.04. The fourth-order valence-electron chi connectivity index (χ4n) is 3.75. The van der Waals surface area contributed by atoms with Gasteiger partial charge in [0.05, 0.1) is 10.5 Å². The predicted octanol–water partition coefficient (Wildman–Crippen LogP) is 4.00. The van der Waals surface area contributed by atoms with Crippen molar-refractivity contribution in [1.29, 1.82) is 0 Å². The lowest BCUT2D eigenvalue weighted by molar-refractivity contribution is 0.0899. The summed E-state index contributed by atoms with van der Waals surface area (Å²) in [5.41, 5.74) is 1.10. The Labute approximate surface area is 188 Å². The van der Waals surface area contributed by atoms with Gasteiger partial charge in [0, 0.05) is 12.6 Å². The summed E-state index contributed by atoms with van der Waals surface area (Å²) in [6.07, 6.45) is -0.603. The van der Waals surface area contributed by atoms with Crippen LogP contribution in [0.1, 0.15) is 18.1 Å². The largest absolute Gasteiger partial charge is 0.445 e. The summed E-state index contributed by atoms with van der Waals surface area (Å²) in [6, 6.07) is 10.8. The van der Waals surface area contributed by atoms with E-state index >= 15 is 0 Å². The van der Waals surface area contributed by atoms with Crippen molar-refractivity contribution in [1.82, 2.24) is 9.62 Å². The van der Waals surface area contributed by atoms with Gasteiger partial charge in [0.25, 0.3) is 0 Å². The molecule has 0 saturated carbocycles. The first-order valence-electron chi connectivity index (χ1n) is 9.68. The topological polar surface area (TPSA) is 75.7 Å². The molecular weight excluding hydrogens is 494 g/mol.